The average Bonchev–Trinajstić information content (AvgIpc) is 2.72. The van der Waals surface area contributed by atoms with E-state index in [-0.39, 0.29) is 18.2 Å². The molecule has 6 heteroatoms. The predicted molar refractivity (Wildman–Crippen MR) is 108 cm³/mol. The van der Waals surface area contributed by atoms with E-state index >= 15 is 0 Å². The van der Waals surface area contributed by atoms with Crippen LogP contribution >= 0.6 is 0 Å². The van der Waals surface area contributed by atoms with Crippen molar-refractivity contribution in [3.63, 3.8) is 0 Å². The van der Waals surface area contributed by atoms with E-state index in [9.17, 15) is 9.59 Å². The van der Waals surface area contributed by atoms with E-state index < -0.39 is 6.04 Å². The van der Waals surface area contributed by atoms with Gasteiger partial charge in [-0.2, -0.15) is 0 Å². The van der Waals surface area contributed by atoms with Gasteiger partial charge in [-0.25, -0.2) is 0 Å². The Balaban J connectivity index is 2.22. The summed E-state index contributed by atoms with van der Waals surface area (Å²) >= 11 is 0. The number of nitrogens with zero attached hydrogens (tertiary/aromatic N) is 1. The molecule has 0 spiro atoms. The number of amides is 2. The fourth-order valence-electron chi connectivity index (χ4n) is 2.89. The number of benzene rings is 2. The van der Waals surface area contributed by atoms with E-state index in [0.717, 1.165) is 16.9 Å². The SMILES string of the molecule is CCNC(=O)[C@@H](C)N(Cc1cccc(OC)c1)C(=O)Cc1ccc(OC)cc1. The normalized spacial score (nSPS) is 11.4. The Morgan fingerprint density at radius 2 is 1.68 bits per heavy atom. The van der Waals surface area contributed by atoms with E-state index in [1.807, 2.05) is 55.5 Å². The average molecular weight is 384 g/mol. The lowest BCUT2D eigenvalue weighted by Crippen LogP contribution is -2.48. The van der Waals surface area contributed by atoms with Gasteiger partial charge in [-0.1, -0.05) is 24.3 Å². The molecular weight excluding hydrogens is 356 g/mol. The summed E-state index contributed by atoms with van der Waals surface area (Å²) in [5.74, 6) is 1.16. The molecule has 0 aromatic heterocycles. The molecule has 0 bridgehead atoms. The topological polar surface area (TPSA) is 67.9 Å². The molecule has 150 valence electrons. The van der Waals surface area contributed by atoms with Crippen molar-refractivity contribution >= 4 is 11.8 Å². The Kier molecular flexibility index (Phi) is 7.87. The first-order valence-corrected chi connectivity index (χ1v) is 9.31. The van der Waals surface area contributed by atoms with E-state index in [4.69, 9.17) is 9.47 Å². The van der Waals surface area contributed by atoms with Crippen LogP contribution in [0, 0.1) is 0 Å². The summed E-state index contributed by atoms with van der Waals surface area (Å²) < 4.78 is 10.4. The molecule has 0 unspecified atom stereocenters. The van der Waals surface area contributed by atoms with Crippen LogP contribution in [0.2, 0.25) is 0 Å². The summed E-state index contributed by atoms with van der Waals surface area (Å²) in [4.78, 5) is 27.1. The largest absolute Gasteiger partial charge is 0.497 e. The van der Waals surface area contributed by atoms with Crippen molar-refractivity contribution in [2.24, 2.45) is 0 Å². The lowest BCUT2D eigenvalue weighted by atomic mass is 10.1. The molecule has 0 fully saturated rings. The number of likely N-dealkylation sites (N-methyl/N-ethyl adjacent to an activating group) is 1. The Morgan fingerprint density at radius 3 is 2.29 bits per heavy atom. The van der Waals surface area contributed by atoms with E-state index in [2.05, 4.69) is 5.32 Å². The van der Waals surface area contributed by atoms with Gasteiger partial charge in [0.1, 0.15) is 17.5 Å². The van der Waals surface area contributed by atoms with Crippen molar-refractivity contribution in [2.45, 2.75) is 32.9 Å². The van der Waals surface area contributed by atoms with Gasteiger partial charge in [-0.05, 0) is 49.2 Å². The van der Waals surface area contributed by atoms with E-state index in [1.54, 1.807) is 26.0 Å². The van der Waals surface area contributed by atoms with Crippen molar-refractivity contribution in [2.75, 3.05) is 20.8 Å². The van der Waals surface area contributed by atoms with Crippen molar-refractivity contribution in [1.29, 1.82) is 0 Å². The maximum Gasteiger partial charge on any atom is 0.242 e. The van der Waals surface area contributed by atoms with Crippen molar-refractivity contribution in [1.82, 2.24) is 10.2 Å². The van der Waals surface area contributed by atoms with Crippen molar-refractivity contribution in [3.8, 4) is 11.5 Å². The number of ether oxygens (including phenoxy) is 2. The van der Waals surface area contributed by atoms with Crippen LogP contribution in [0.5, 0.6) is 11.5 Å². The van der Waals surface area contributed by atoms with Crippen LogP contribution in [0.1, 0.15) is 25.0 Å². The van der Waals surface area contributed by atoms with Gasteiger partial charge in [-0.15, -0.1) is 0 Å². The lowest BCUT2D eigenvalue weighted by Gasteiger charge is -2.29. The highest BCUT2D eigenvalue weighted by molar-refractivity contribution is 5.88. The smallest absolute Gasteiger partial charge is 0.242 e. The molecule has 28 heavy (non-hydrogen) atoms. The summed E-state index contributed by atoms with van der Waals surface area (Å²) in [5.41, 5.74) is 1.77. The molecule has 2 aromatic carbocycles. The van der Waals surface area contributed by atoms with Crippen LogP contribution in [0.25, 0.3) is 0 Å². The number of nitrogens with one attached hydrogen (secondary N) is 1. The van der Waals surface area contributed by atoms with Gasteiger partial charge < -0.3 is 19.7 Å². The second-order valence-corrected chi connectivity index (χ2v) is 6.47. The van der Waals surface area contributed by atoms with Crippen LogP contribution in [-0.2, 0) is 22.6 Å². The monoisotopic (exact) mass is 384 g/mol. The maximum atomic E-state index is 13.1. The van der Waals surface area contributed by atoms with Gasteiger partial charge in [0.05, 0.1) is 20.6 Å². The number of hydrogen-bond acceptors (Lipinski definition) is 4. The molecule has 2 aromatic rings. The standard InChI is InChI=1S/C22H28N2O4/c1-5-23-22(26)16(2)24(15-18-7-6-8-20(13-18)28-4)21(25)14-17-9-11-19(27-3)12-10-17/h6-13,16H,5,14-15H2,1-4H3,(H,23,26)/t16-/m1/s1. The Bertz CT molecular complexity index is 789. The zero-order valence-electron chi connectivity index (χ0n) is 16.9. The fourth-order valence-corrected chi connectivity index (χ4v) is 2.89. The minimum atomic E-state index is -0.586. The third-order valence-corrected chi connectivity index (χ3v) is 4.52. The Labute approximate surface area is 166 Å². The Morgan fingerprint density at radius 1 is 1.00 bits per heavy atom. The summed E-state index contributed by atoms with van der Waals surface area (Å²) in [6, 6.07) is 14.3. The van der Waals surface area contributed by atoms with Crippen molar-refractivity contribution < 1.29 is 19.1 Å². The highest BCUT2D eigenvalue weighted by Gasteiger charge is 2.26. The maximum absolute atomic E-state index is 13.1. The number of rotatable bonds is 9. The molecule has 0 aliphatic carbocycles. The molecule has 6 nitrogen and oxygen atoms in total. The molecule has 0 radical (unpaired) electrons. The summed E-state index contributed by atoms with van der Waals surface area (Å²) in [6.45, 7) is 4.45. The van der Waals surface area contributed by atoms with E-state index in [1.165, 1.54) is 0 Å². The molecule has 1 N–H and O–H groups in total. The van der Waals surface area contributed by atoms with Crippen LogP contribution in [0.15, 0.2) is 48.5 Å². The van der Waals surface area contributed by atoms with Crippen LogP contribution in [-0.4, -0.2) is 43.5 Å². The fraction of sp³-hybridized carbons (Fsp3) is 0.364. The second-order valence-electron chi connectivity index (χ2n) is 6.47. The first kappa shape index (κ1) is 21.3. The van der Waals surface area contributed by atoms with Gasteiger partial charge in [0.25, 0.3) is 0 Å². The first-order valence-electron chi connectivity index (χ1n) is 9.31. The molecule has 2 rings (SSSR count). The molecular formula is C22H28N2O4. The second kappa shape index (κ2) is 10.3. The van der Waals surface area contributed by atoms with Gasteiger partial charge >= 0.3 is 0 Å². The van der Waals surface area contributed by atoms with Gasteiger partial charge in [0.2, 0.25) is 11.8 Å². The predicted octanol–water partition coefficient (Wildman–Crippen LogP) is 2.80. The molecule has 1 atom stereocenters. The summed E-state index contributed by atoms with van der Waals surface area (Å²) in [6.07, 6.45) is 0.206. The first-order chi connectivity index (χ1) is 13.5. The lowest BCUT2D eigenvalue weighted by molar-refractivity contribution is -0.140. The molecule has 0 saturated heterocycles. The molecule has 0 aliphatic rings. The third kappa shape index (κ3) is 5.74. The number of hydrogen-bond donors (Lipinski definition) is 1. The number of carbonyl (C=O) groups excluding carboxylic acids is 2. The molecule has 0 saturated carbocycles. The van der Waals surface area contributed by atoms with Crippen LogP contribution < -0.4 is 14.8 Å². The molecule has 0 aliphatic heterocycles. The highest BCUT2D eigenvalue weighted by atomic mass is 16.5. The molecule has 0 heterocycles. The molecule has 2 amide bonds. The minimum Gasteiger partial charge on any atom is -0.497 e. The minimum absolute atomic E-state index is 0.119. The number of methoxy groups -OCH3 is 2. The van der Waals surface area contributed by atoms with E-state index in [0.29, 0.717) is 18.8 Å². The van der Waals surface area contributed by atoms with Crippen LogP contribution in [0.4, 0.5) is 0 Å². The van der Waals surface area contributed by atoms with Crippen molar-refractivity contribution in [3.05, 3.63) is 59.7 Å². The summed E-state index contributed by atoms with van der Waals surface area (Å²) in [5, 5.41) is 2.79. The van der Waals surface area contributed by atoms with Crippen LogP contribution in [0.3, 0.4) is 0 Å². The van der Waals surface area contributed by atoms with Gasteiger partial charge in [0, 0.05) is 13.1 Å². The quantitative estimate of drug-likeness (QED) is 0.722. The number of carbonyl (C=O) groups is 2. The summed E-state index contributed by atoms with van der Waals surface area (Å²) in [7, 11) is 3.20. The highest BCUT2D eigenvalue weighted by Crippen LogP contribution is 2.18. The zero-order chi connectivity index (χ0) is 20.5. The van der Waals surface area contributed by atoms with Gasteiger partial charge in [-0.3, -0.25) is 9.59 Å². The Hall–Kier alpha value is -3.02. The zero-order valence-corrected chi connectivity index (χ0v) is 16.9. The third-order valence-electron chi connectivity index (χ3n) is 4.52. The van der Waals surface area contributed by atoms with Gasteiger partial charge in [0.15, 0.2) is 0 Å².